The lowest BCUT2D eigenvalue weighted by molar-refractivity contribution is -0.120. The second-order valence-electron chi connectivity index (χ2n) is 4.42. The van der Waals surface area contributed by atoms with E-state index in [4.69, 9.17) is 0 Å². The molecule has 0 N–H and O–H groups in total. The molecule has 1 aliphatic heterocycles. The number of carbonyl (C=O) groups excluding carboxylic acids is 1. The summed E-state index contributed by atoms with van der Waals surface area (Å²) in [7, 11) is 0. The lowest BCUT2D eigenvalue weighted by atomic mass is 10.1. The first kappa shape index (κ1) is 10.2. The summed E-state index contributed by atoms with van der Waals surface area (Å²) in [5.74, 6) is 0.462. The fourth-order valence-corrected chi connectivity index (χ4v) is 1.94. The Balaban J connectivity index is 2.11. The minimum atomic E-state index is 0.137. The van der Waals surface area contributed by atoms with Crippen LogP contribution in [-0.4, -0.2) is 18.9 Å². The number of nitrogens with zero attached hydrogens (tertiary/aromatic N) is 1. The molecule has 2 heteroatoms. The van der Waals surface area contributed by atoms with E-state index in [-0.39, 0.29) is 5.92 Å². The SMILES string of the molecule is CC(C)C(=O)CN1CCc2ccccc21. The number of Topliss-reactive ketones (excluding diaryl/α,β-unsaturated/α-hetero) is 1. The Morgan fingerprint density at radius 2 is 2.13 bits per heavy atom. The van der Waals surface area contributed by atoms with Crippen molar-refractivity contribution in [1.82, 2.24) is 0 Å². The first-order valence-corrected chi connectivity index (χ1v) is 5.54. The highest BCUT2D eigenvalue weighted by atomic mass is 16.1. The van der Waals surface area contributed by atoms with Gasteiger partial charge in [-0.3, -0.25) is 4.79 Å². The van der Waals surface area contributed by atoms with Crippen molar-refractivity contribution in [3.05, 3.63) is 29.8 Å². The zero-order chi connectivity index (χ0) is 10.8. The molecule has 0 spiro atoms. The summed E-state index contributed by atoms with van der Waals surface area (Å²) in [4.78, 5) is 13.9. The maximum atomic E-state index is 11.7. The highest BCUT2D eigenvalue weighted by Crippen LogP contribution is 2.27. The quantitative estimate of drug-likeness (QED) is 0.751. The van der Waals surface area contributed by atoms with E-state index in [9.17, 15) is 4.79 Å². The number of hydrogen-bond donors (Lipinski definition) is 0. The van der Waals surface area contributed by atoms with Gasteiger partial charge in [0.05, 0.1) is 6.54 Å². The van der Waals surface area contributed by atoms with Gasteiger partial charge in [-0.1, -0.05) is 32.0 Å². The van der Waals surface area contributed by atoms with E-state index < -0.39 is 0 Å². The predicted octanol–water partition coefficient (Wildman–Crippen LogP) is 2.27. The average molecular weight is 203 g/mol. The van der Waals surface area contributed by atoms with Crippen molar-refractivity contribution < 1.29 is 4.79 Å². The standard InChI is InChI=1S/C13H17NO/c1-10(2)13(15)9-14-8-7-11-5-3-4-6-12(11)14/h3-6,10H,7-9H2,1-2H3. The summed E-state index contributed by atoms with van der Waals surface area (Å²) >= 11 is 0. The number of rotatable bonds is 3. The molecule has 0 aromatic heterocycles. The topological polar surface area (TPSA) is 20.3 Å². The van der Waals surface area contributed by atoms with E-state index in [0.717, 1.165) is 13.0 Å². The second-order valence-corrected chi connectivity index (χ2v) is 4.42. The molecular formula is C13H17NO. The number of benzene rings is 1. The molecule has 0 saturated heterocycles. The molecule has 1 aromatic rings. The van der Waals surface area contributed by atoms with Gasteiger partial charge in [-0.15, -0.1) is 0 Å². The van der Waals surface area contributed by atoms with Crippen LogP contribution in [0.25, 0.3) is 0 Å². The highest BCUT2D eigenvalue weighted by molar-refractivity contribution is 5.85. The summed E-state index contributed by atoms with van der Waals surface area (Å²) in [5, 5.41) is 0. The lowest BCUT2D eigenvalue weighted by Gasteiger charge is -2.19. The van der Waals surface area contributed by atoms with Gasteiger partial charge in [0.15, 0.2) is 5.78 Å². The fourth-order valence-electron chi connectivity index (χ4n) is 1.94. The third kappa shape index (κ3) is 2.04. The maximum Gasteiger partial charge on any atom is 0.154 e. The first-order valence-electron chi connectivity index (χ1n) is 5.54. The van der Waals surface area contributed by atoms with Crippen LogP contribution < -0.4 is 4.90 Å². The Morgan fingerprint density at radius 1 is 1.40 bits per heavy atom. The molecule has 15 heavy (non-hydrogen) atoms. The Morgan fingerprint density at radius 3 is 2.87 bits per heavy atom. The second kappa shape index (κ2) is 4.05. The molecule has 0 amide bonds. The molecular weight excluding hydrogens is 186 g/mol. The molecule has 0 unspecified atom stereocenters. The number of ketones is 1. The summed E-state index contributed by atoms with van der Waals surface area (Å²) in [5.41, 5.74) is 2.61. The van der Waals surface area contributed by atoms with Gasteiger partial charge in [0.1, 0.15) is 0 Å². The highest BCUT2D eigenvalue weighted by Gasteiger charge is 2.21. The molecule has 1 aliphatic rings. The Labute approximate surface area is 90.9 Å². The number of hydrogen-bond acceptors (Lipinski definition) is 2. The largest absolute Gasteiger partial charge is 0.364 e. The van der Waals surface area contributed by atoms with Crippen LogP contribution in [-0.2, 0) is 11.2 Å². The van der Waals surface area contributed by atoms with E-state index in [1.54, 1.807) is 0 Å². The van der Waals surface area contributed by atoms with Crippen LogP contribution in [0.4, 0.5) is 5.69 Å². The molecule has 0 bridgehead atoms. The molecule has 0 fully saturated rings. The molecule has 2 rings (SSSR count). The molecule has 1 heterocycles. The number of para-hydroxylation sites is 1. The summed E-state index contributed by atoms with van der Waals surface area (Å²) in [6.45, 7) is 5.47. The van der Waals surface area contributed by atoms with Crippen LogP contribution in [0, 0.1) is 5.92 Å². The molecule has 80 valence electrons. The minimum absolute atomic E-state index is 0.137. The number of carbonyl (C=O) groups is 1. The number of fused-ring (bicyclic) bond motifs is 1. The molecule has 1 aromatic carbocycles. The monoisotopic (exact) mass is 203 g/mol. The molecule has 0 atom stereocenters. The van der Waals surface area contributed by atoms with Crippen molar-refractivity contribution in [1.29, 1.82) is 0 Å². The van der Waals surface area contributed by atoms with Gasteiger partial charge in [-0.2, -0.15) is 0 Å². The van der Waals surface area contributed by atoms with Crippen molar-refractivity contribution >= 4 is 11.5 Å². The molecule has 0 radical (unpaired) electrons. The zero-order valence-electron chi connectivity index (χ0n) is 9.36. The smallest absolute Gasteiger partial charge is 0.154 e. The van der Waals surface area contributed by atoms with Crippen molar-refractivity contribution in [3.63, 3.8) is 0 Å². The van der Waals surface area contributed by atoms with Crippen LogP contribution in [0.2, 0.25) is 0 Å². The van der Waals surface area contributed by atoms with Crippen molar-refractivity contribution in [2.24, 2.45) is 5.92 Å². The van der Waals surface area contributed by atoms with Crippen LogP contribution in [0.3, 0.4) is 0 Å². The Bertz CT molecular complexity index is 371. The molecule has 0 aliphatic carbocycles. The molecule has 0 saturated carbocycles. The van der Waals surface area contributed by atoms with Gasteiger partial charge < -0.3 is 4.90 Å². The normalized spacial score (nSPS) is 14.5. The van der Waals surface area contributed by atoms with Gasteiger partial charge in [-0.05, 0) is 18.1 Å². The van der Waals surface area contributed by atoms with Crippen LogP contribution >= 0.6 is 0 Å². The van der Waals surface area contributed by atoms with Crippen LogP contribution in [0.1, 0.15) is 19.4 Å². The lowest BCUT2D eigenvalue weighted by Crippen LogP contribution is -2.30. The van der Waals surface area contributed by atoms with Crippen LogP contribution in [0.5, 0.6) is 0 Å². The van der Waals surface area contributed by atoms with E-state index in [0.29, 0.717) is 12.3 Å². The predicted molar refractivity (Wildman–Crippen MR) is 62.2 cm³/mol. The average Bonchev–Trinajstić information content (AvgIpc) is 2.62. The van der Waals surface area contributed by atoms with Crippen molar-refractivity contribution in [2.45, 2.75) is 20.3 Å². The van der Waals surface area contributed by atoms with Crippen molar-refractivity contribution in [2.75, 3.05) is 18.0 Å². The van der Waals surface area contributed by atoms with Gasteiger partial charge in [0.25, 0.3) is 0 Å². The third-order valence-electron chi connectivity index (χ3n) is 2.97. The summed E-state index contributed by atoms with van der Waals surface area (Å²) in [6, 6.07) is 8.36. The van der Waals surface area contributed by atoms with Gasteiger partial charge in [0.2, 0.25) is 0 Å². The minimum Gasteiger partial charge on any atom is -0.364 e. The zero-order valence-corrected chi connectivity index (χ0v) is 9.36. The first-order chi connectivity index (χ1) is 7.18. The van der Waals surface area contributed by atoms with Gasteiger partial charge >= 0.3 is 0 Å². The molecule has 2 nitrogen and oxygen atoms in total. The number of anilines is 1. The van der Waals surface area contributed by atoms with Crippen LogP contribution in [0.15, 0.2) is 24.3 Å². The maximum absolute atomic E-state index is 11.7. The fraction of sp³-hybridized carbons (Fsp3) is 0.462. The Hall–Kier alpha value is -1.31. The summed E-state index contributed by atoms with van der Waals surface area (Å²) < 4.78 is 0. The van der Waals surface area contributed by atoms with E-state index in [1.165, 1.54) is 11.3 Å². The van der Waals surface area contributed by atoms with E-state index in [1.807, 2.05) is 19.9 Å². The van der Waals surface area contributed by atoms with E-state index in [2.05, 4.69) is 23.1 Å². The van der Waals surface area contributed by atoms with Crippen molar-refractivity contribution in [3.8, 4) is 0 Å². The van der Waals surface area contributed by atoms with Gasteiger partial charge in [-0.25, -0.2) is 0 Å². The summed E-state index contributed by atoms with van der Waals surface area (Å²) in [6.07, 6.45) is 1.07. The Kier molecular flexibility index (Phi) is 2.76. The third-order valence-corrected chi connectivity index (χ3v) is 2.97. The van der Waals surface area contributed by atoms with Gasteiger partial charge in [0, 0.05) is 18.2 Å². The van der Waals surface area contributed by atoms with E-state index >= 15 is 0 Å².